The molecule has 1 spiro atoms. The molecular formula is C35H44F3N7O6S. The lowest BCUT2D eigenvalue weighted by Gasteiger charge is -2.46. The minimum atomic E-state index is -4.79. The fraction of sp³-hybridized carbons (Fsp3) is 0.571. The molecule has 1 aromatic heterocycles. The van der Waals surface area contributed by atoms with Gasteiger partial charge in [-0.3, -0.25) is 4.79 Å². The highest BCUT2D eigenvalue weighted by atomic mass is 32.2. The molecule has 17 heteroatoms. The normalized spacial score (nSPS) is 24.8. The molecule has 2 atom stereocenters. The summed E-state index contributed by atoms with van der Waals surface area (Å²) in [6.07, 6.45) is -0.116. The standard InChI is InChI=1S/C35H44F3N7O6S/c1-42-14-9-26(10-15-42)43-16-11-34(12-17-43)13-18-50-31-8-7-24(35(36,37)38)19-32(31)52(47,48)45-22-27(20-29(45)33(46)39-34)51-23-25-21-44(41-40-25)28-5-3-4-6-30(28)49-2/h3-8,19,21,26-27,29H,9-18,20,22-23H2,1-2H3,(H,39,46)/t27-,29+/m1/s1. The van der Waals surface area contributed by atoms with Crippen molar-refractivity contribution in [1.29, 1.82) is 0 Å². The van der Waals surface area contributed by atoms with Gasteiger partial charge in [-0.2, -0.15) is 17.5 Å². The summed E-state index contributed by atoms with van der Waals surface area (Å²) in [6.45, 7) is 3.30. The topological polar surface area (TPSA) is 131 Å². The largest absolute Gasteiger partial charge is 0.494 e. The summed E-state index contributed by atoms with van der Waals surface area (Å²) in [7, 11) is -0.998. The summed E-state index contributed by atoms with van der Waals surface area (Å²) in [5, 5.41) is 11.6. The van der Waals surface area contributed by atoms with Crippen molar-refractivity contribution in [3.63, 3.8) is 0 Å². The lowest BCUT2D eigenvalue weighted by Crippen LogP contribution is -2.60. The summed E-state index contributed by atoms with van der Waals surface area (Å²) in [5.41, 5.74) is -0.699. The number of nitrogens with one attached hydrogen (secondary N) is 1. The average Bonchev–Trinajstić information content (AvgIpc) is 3.79. The number of amides is 1. The van der Waals surface area contributed by atoms with Crippen LogP contribution >= 0.6 is 0 Å². The van der Waals surface area contributed by atoms with E-state index in [0.717, 1.165) is 55.5 Å². The zero-order valence-corrected chi connectivity index (χ0v) is 30.0. The first-order valence-electron chi connectivity index (χ1n) is 17.6. The summed E-state index contributed by atoms with van der Waals surface area (Å²) < 4.78 is 90.2. The van der Waals surface area contributed by atoms with Crippen LogP contribution in [0.3, 0.4) is 0 Å². The van der Waals surface area contributed by atoms with Crippen LogP contribution in [0.2, 0.25) is 0 Å². The Labute approximate surface area is 301 Å². The Morgan fingerprint density at radius 1 is 1.06 bits per heavy atom. The second-order valence-corrected chi connectivity index (χ2v) is 16.0. The van der Waals surface area contributed by atoms with Gasteiger partial charge < -0.3 is 29.3 Å². The van der Waals surface area contributed by atoms with Crippen LogP contribution in [-0.2, 0) is 32.3 Å². The van der Waals surface area contributed by atoms with E-state index in [1.54, 1.807) is 19.4 Å². The molecule has 3 fully saturated rings. The number of hydrogen-bond acceptors (Lipinski definition) is 10. The molecule has 3 aromatic rings. The molecule has 0 aliphatic carbocycles. The first-order valence-corrected chi connectivity index (χ1v) is 19.1. The Kier molecular flexibility index (Phi) is 10.3. The number of methoxy groups -OCH3 is 1. The second kappa shape index (κ2) is 14.6. The number of aromatic nitrogens is 3. The summed E-state index contributed by atoms with van der Waals surface area (Å²) in [5.74, 6) is -0.0981. The molecule has 0 unspecified atom stereocenters. The van der Waals surface area contributed by atoms with E-state index in [4.69, 9.17) is 14.2 Å². The third kappa shape index (κ3) is 7.51. The van der Waals surface area contributed by atoms with Gasteiger partial charge in [-0.25, -0.2) is 13.1 Å². The van der Waals surface area contributed by atoms with Crippen LogP contribution < -0.4 is 14.8 Å². The van der Waals surface area contributed by atoms with Gasteiger partial charge in [0, 0.05) is 44.1 Å². The second-order valence-electron chi connectivity index (χ2n) is 14.2. The van der Waals surface area contributed by atoms with Crippen LogP contribution in [0.5, 0.6) is 11.5 Å². The maximum Gasteiger partial charge on any atom is 0.416 e. The van der Waals surface area contributed by atoms with Gasteiger partial charge in [-0.15, -0.1) is 5.10 Å². The smallest absolute Gasteiger partial charge is 0.416 e. The van der Waals surface area contributed by atoms with Crippen molar-refractivity contribution < 1.29 is 40.6 Å². The molecule has 1 amide bonds. The number of halogens is 3. The van der Waals surface area contributed by atoms with E-state index < -0.39 is 50.3 Å². The predicted octanol–water partition coefficient (Wildman–Crippen LogP) is 3.47. The number of piperidine rings is 2. The molecule has 0 bridgehead atoms. The van der Waals surface area contributed by atoms with Crippen molar-refractivity contribution in [1.82, 2.24) is 34.4 Å². The molecule has 282 valence electrons. The molecule has 13 nitrogen and oxygen atoms in total. The number of carbonyl (C=O) groups is 1. The van der Waals surface area contributed by atoms with Crippen LogP contribution in [0.1, 0.15) is 49.8 Å². The number of nitrogens with zero attached hydrogens (tertiary/aromatic N) is 6. The van der Waals surface area contributed by atoms with Crippen LogP contribution in [0.15, 0.2) is 53.6 Å². The Morgan fingerprint density at radius 2 is 1.81 bits per heavy atom. The van der Waals surface area contributed by atoms with Gasteiger partial charge >= 0.3 is 6.18 Å². The molecule has 3 saturated heterocycles. The van der Waals surface area contributed by atoms with Gasteiger partial charge in [0.15, 0.2) is 0 Å². The van der Waals surface area contributed by atoms with Crippen LogP contribution in [0.4, 0.5) is 13.2 Å². The quantitative estimate of drug-likeness (QED) is 0.400. The van der Waals surface area contributed by atoms with E-state index >= 15 is 0 Å². The maximum absolute atomic E-state index is 14.3. The molecule has 1 N–H and O–H groups in total. The lowest BCUT2D eigenvalue weighted by molar-refractivity contribution is -0.137. The highest BCUT2D eigenvalue weighted by Crippen LogP contribution is 2.39. The van der Waals surface area contributed by atoms with Gasteiger partial charge in [0.1, 0.15) is 33.8 Å². The molecule has 0 saturated carbocycles. The number of para-hydroxylation sites is 2. The first kappa shape index (κ1) is 36.6. The van der Waals surface area contributed by atoms with E-state index in [1.807, 2.05) is 18.2 Å². The van der Waals surface area contributed by atoms with Crippen molar-refractivity contribution in [2.24, 2.45) is 0 Å². The molecular weight excluding hydrogens is 703 g/mol. The number of likely N-dealkylation sites (tertiary alicyclic amines) is 2. The Hall–Kier alpha value is -3.77. The fourth-order valence-corrected chi connectivity index (χ4v) is 9.63. The van der Waals surface area contributed by atoms with Crippen molar-refractivity contribution in [3.05, 3.63) is 59.9 Å². The Balaban J connectivity index is 1.14. The monoisotopic (exact) mass is 747 g/mol. The average molecular weight is 748 g/mol. The molecule has 2 aromatic carbocycles. The highest BCUT2D eigenvalue weighted by Gasteiger charge is 2.49. The zero-order valence-electron chi connectivity index (χ0n) is 29.2. The molecule has 7 rings (SSSR count). The number of hydrogen-bond donors (Lipinski definition) is 1. The van der Waals surface area contributed by atoms with Crippen molar-refractivity contribution in [2.45, 2.75) is 79.9 Å². The predicted molar refractivity (Wildman–Crippen MR) is 183 cm³/mol. The minimum Gasteiger partial charge on any atom is -0.494 e. The van der Waals surface area contributed by atoms with E-state index in [9.17, 15) is 26.4 Å². The summed E-state index contributed by atoms with van der Waals surface area (Å²) >= 11 is 0. The fourth-order valence-electron chi connectivity index (χ4n) is 7.85. The molecule has 0 radical (unpaired) electrons. The van der Waals surface area contributed by atoms with Crippen LogP contribution in [0, 0.1) is 0 Å². The molecule has 5 heterocycles. The number of sulfonamides is 1. The number of carbonyl (C=O) groups excluding carboxylic acids is 1. The van der Waals surface area contributed by atoms with Gasteiger partial charge in [0.05, 0.1) is 38.2 Å². The zero-order chi connectivity index (χ0) is 36.7. The van der Waals surface area contributed by atoms with Gasteiger partial charge in [0.25, 0.3) is 0 Å². The Bertz CT molecular complexity index is 1860. The maximum atomic E-state index is 14.3. The number of ether oxygens (including phenoxy) is 3. The highest BCUT2D eigenvalue weighted by molar-refractivity contribution is 7.89. The molecule has 4 aliphatic heterocycles. The lowest BCUT2D eigenvalue weighted by atomic mass is 9.83. The minimum absolute atomic E-state index is 0.00133. The van der Waals surface area contributed by atoms with E-state index in [1.165, 1.54) is 4.68 Å². The Morgan fingerprint density at radius 3 is 2.54 bits per heavy atom. The molecule has 52 heavy (non-hydrogen) atoms. The number of benzene rings is 2. The van der Waals surface area contributed by atoms with Gasteiger partial charge in [-0.05, 0) is 76.2 Å². The first-order chi connectivity index (χ1) is 24.8. The van der Waals surface area contributed by atoms with Gasteiger partial charge in [0.2, 0.25) is 15.9 Å². The van der Waals surface area contributed by atoms with E-state index in [-0.39, 0.29) is 31.9 Å². The third-order valence-electron chi connectivity index (χ3n) is 10.9. The van der Waals surface area contributed by atoms with Crippen LogP contribution in [0.25, 0.3) is 5.69 Å². The third-order valence-corrected chi connectivity index (χ3v) is 12.8. The molecule has 4 aliphatic rings. The van der Waals surface area contributed by atoms with Crippen molar-refractivity contribution >= 4 is 15.9 Å². The number of alkyl halides is 3. The van der Waals surface area contributed by atoms with E-state index in [2.05, 4.69) is 32.5 Å². The summed E-state index contributed by atoms with van der Waals surface area (Å²) in [6, 6.07) is 8.97. The van der Waals surface area contributed by atoms with Gasteiger partial charge in [-0.1, -0.05) is 17.3 Å². The van der Waals surface area contributed by atoms with Crippen molar-refractivity contribution in [2.75, 3.05) is 53.5 Å². The summed E-state index contributed by atoms with van der Waals surface area (Å²) in [4.78, 5) is 18.4. The SMILES string of the molecule is COc1ccccc1-n1cc(CO[C@@H]2C[C@H]3C(=O)NC4(CCOc5ccc(C(F)(F)F)cc5S(=O)(=O)N3C2)CCN(C2CCN(C)CC2)CC4)nn1. The van der Waals surface area contributed by atoms with Crippen molar-refractivity contribution in [3.8, 4) is 17.2 Å². The van der Waals surface area contributed by atoms with Crippen LogP contribution in [-0.4, -0.2) is 121 Å². The number of rotatable bonds is 6. The van der Waals surface area contributed by atoms with E-state index in [0.29, 0.717) is 48.5 Å². The number of fused-ring (bicyclic) bond motifs is 2.